The van der Waals surface area contributed by atoms with Crippen molar-refractivity contribution >= 4 is 27.3 Å². The van der Waals surface area contributed by atoms with Crippen LogP contribution >= 0.6 is 11.6 Å². The van der Waals surface area contributed by atoms with Gasteiger partial charge in [-0.2, -0.15) is 0 Å². The van der Waals surface area contributed by atoms with Crippen LogP contribution in [0.25, 0.3) is 0 Å². The van der Waals surface area contributed by atoms with Gasteiger partial charge >= 0.3 is 0 Å². The number of nitro groups is 1. The first-order valence-corrected chi connectivity index (χ1v) is 7.99. The van der Waals surface area contributed by atoms with Crippen molar-refractivity contribution in [2.45, 2.75) is 32.1 Å². The van der Waals surface area contributed by atoms with Crippen LogP contribution in [-0.2, 0) is 10.0 Å². The molecule has 0 aromatic heterocycles. The molecule has 1 aromatic rings. The van der Waals surface area contributed by atoms with Gasteiger partial charge in [0.25, 0.3) is 5.69 Å². The van der Waals surface area contributed by atoms with Crippen LogP contribution in [0.15, 0.2) is 17.0 Å². The van der Waals surface area contributed by atoms with Gasteiger partial charge in [-0.15, -0.1) is 0 Å². The molecule has 0 bridgehead atoms. The summed E-state index contributed by atoms with van der Waals surface area (Å²) in [5, 5.41) is 10.8. The number of hydrogen-bond acceptors (Lipinski definition) is 4. The summed E-state index contributed by atoms with van der Waals surface area (Å²) in [6.07, 6.45) is 0.836. The molecule has 20 heavy (non-hydrogen) atoms. The maximum absolute atomic E-state index is 12.2. The standard InChI is InChI=1S/C12H17ClN2O4S/c1-4-8(2)7-14-20(18,19)12-6-11(15(16)17)10(13)5-9(12)3/h5-6,8,14H,4,7H2,1-3H3. The van der Waals surface area contributed by atoms with Gasteiger partial charge in [0.05, 0.1) is 9.82 Å². The van der Waals surface area contributed by atoms with E-state index < -0.39 is 20.6 Å². The summed E-state index contributed by atoms with van der Waals surface area (Å²) in [5.74, 6) is 0.187. The molecule has 1 atom stereocenters. The van der Waals surface area contributed by atoms with Crippen LogP contribution in [0.4, 0.5) is 5.69 Å². The maximum atomic E-state index is 12.2. The van der Waals surface area contributed by atoms with Crippen molar-refractivity contribution in [2.24, 2.45) is 5.92 Å². The Morgan fingerprint density at radius 2 is 2.05 bits per heavy atom. The van der Waals surface area contributed by atoms with E-state index in [2.05, 4.69) is 4.72 Å². The molecule has 0 aliphatic carbocycles. The van der Waals surface area contributed by atoms with Crippen molar-refractivity contribution in [3.05, 3.63) is 32.8 Å². The molecule has 6 nitrogen and oxygen atoms in total. The Labute approximate surface area is 123 Å². The van der Waals surface area contributed by atoms with E-state index in [-0.39, 0.29) is 22.4 Å². The maximum Gasteiger partial charge on any atom is 0.289 e. The molecular weight excluding hydrogens is 304 g/mol. The zero-order valence-electron chi connectivity index (χ0n) is 11.5. The topological polar surface area (TPSA) is 89.3 Å². The lowest BCUT2D eigenvalue weighted by Gasteiger charge is -2.12. The van der Waals surface area contributed by atoms with E-state index in [9.17, 15) is 18.5 Å². The quantitative estimate of drug-likeness (QED) is 0.644. The average Bonchev–Trinajstić information content (AvgIpc) is 2.35. The molecule has 1 rings (SSSR count). The number of halogens is 1. The van der Waals surface area contributed by atoms with Gasteiger partial charge in [0.1, 0.15) is 5.02 Å². The fourth-order valence-electron chi connectivity index (χ4n) is 1.55. The minimum absolute atomic E-state index is 0.0756. The first-order chi connectivity index (χ1) is 9.19. The Kier molecular flexibility index (Phi) is 5.50. The van der Waals surface area contributed by atoms with E-state index in [4.69, 9.17) is 11.6 Å². The molecule has 1 unspecified atom stereocenters. The highest BCUT2D eigenvalue weighted by atomic mass is 35.5. The second-order valence-electron chi connectivity index (χ2n) is 4.69. The number of nitrogens with one attached hydrogen (secondary N) is 1. The van der Waals surface area contributed by atoms with Gasteiger partial charge < -0.3 is 0 Å². The summed E-state index contributed by atoms with van der Waals surface area (Å²) in [7, 11) is -3.78. The number of nitrogens with zero attached hydrogens (tertiary/aromatic N) is 1. The van der Waals surface area contributed by atoms with Gasteiger partial charge in [0, 0.05) is 12.6 Å². The third-order valence-corrected chi connectivity index (χ3v) is 4.92. The van der Waals surface area contributed by atoms with Gasteiger partial charge in [-0.05, 0) is 24.5 Å². The molecular formula is C12H17ClN2O4S. The molecule has 1 aromatic carbocycles. The Hall–Kier alpha value is -1.18. The third-order valence-electron chi connectivity index (χ3n) is 3.05. The van der Waals surface area contributed by atoms with Crippen LogP contribution < -0.4 is 4.72 Å². The van der Waals surface area contributed by atoms with E-state index in [1.807, 2.05) is 13.8 Å². The highest BCUT2D eigenvalue weighted by molar-refractivity contribution is 7.89. The number of benzene rings is 1. The Morgan fingerprint density at radius 3 is 2.55 bits per heavy atom. The fourth-order valence-corrected chi connectivity index (χ4v) is 3.24. The average molecular weight is 321 g/mol. The number of aryl methyl sites for hydroxylation is 1. The predicted octanol–water partition coefficient (Wildman–Crippen LogP) is 2.88. The summed E-state index contributed by atoms with van der Waals surface area (Å²) in [4.78, 5) is 10.0. The molecule has 0 fully saturated rings. The Balaban J connectivity index is 3.18. The molecule has 0 spiro atoms. The fraction of sp³-hybridized carbons (Fsp3) is 0.500. The van der Waals surface area contributed by atoms with Gasteiger partial charge in [-0.1, -0.05) is 31.9 Å². The highest BCUT2D eigenvalue weighted by Crippen LogP contribution is 2.30. The summed E-state index contributed by atoms with van der Waals surface area (Å²) in [6, 6.07) is 2.29. The number of rotatable bonds is 6. The SMILES string of the molecule is CCC(C)CNS(=O)(=O)c1cc([N+](=O)[O-])c(Cl)cc1C. The van der Waals surface area contributed by atoms with Crippen molar-refractivity contribution in [1.82, 2.24) is 4.72 Å². The van der Waals surface area contributed by atoms with Crippen molar-refractivity contribution in [3.8, 4) is 0 Å². The number of sulfonamides is 1. The second-order valence-corrected chi connectivity index (χ2v) is 6.83. The van der Waals surface area contributed by atoms with Crippen LogP contribution in [0.1, 0.15) is 25.8 Å². The zero-order valence-corrected chi connectivity index (χ0v) is 13.1. The van der Waals surface area contributed by atoms with Crippen LogP contribution in [0.2, 0.25) is 5.02 Å². The van der Waals surface area contributed by atoms with Crippen molar-refractivity contribution in [3.63, 3.8) is 0 Å². The first kappa shape index (κ1) is 16.9. The minimum Gasteiger partial charge on any atom is -0.258 e. The number of nitro benzene ring substituents is 1. The summed E-state index contributed by atoms with van der Waals surface area (Å²) in [6.45, 7) is 5.71. The molecule has 8 heteroatoms. The van der Waals surface area contributed by atoms with Gasteiger partial charge in [0.2, 0.25) is 10.0 Å². The van der Waals surface area contributed by atoms with E-state index in [1.54, 1.807) is 6.92 Å². The molecule has 0 heterocycles. The summed E-state index contributed by atoms with van der Waals surface area (Å²) < 4.78 is 26.8. The molecule has 1 N–H and O–H groups in total. The van der Waals surface area contributed by atoms with E-state index >= 15 is 0 Å². The van der Waals surface area contributed by atoms with Crippen molar-refractivity contribution in [2.75, 3.05) is 6.54 Å². The van der Waals surface area contributed by atoms with Crippen molar-refractivity contribution in [1.29, 1.82) is 0 Å². The monoisotopic (exact) mass is 320 g/mol. The Bertz CT molecular complexity index is 616. The lowest BCUT2D eigenvalue weighted by molar-refractivity contribution is -0.384. The van der Waals surface area contributed by atoms with Gasteiger partial charge in [-0.3, -0.25) is 10.1 Å². The first-order valence-electron chi connectivity index (χ1n) is 6.13. The van der Waals surface area contributed by atoms with Crippen molar-refractivity contribution < 1.29 is 13.3 Å². The van der Waals surface area contributed by atoms with Gasteiger partial charge in [0.15, 0.2) is 0 Å². The molecule has 0 amide bonds. The van der Waals surface area contributed by atoms with Crippen LogP contribution in [0, 0.1) is 23.0 Å². The predicted molar refractivity (Wildman–Crippen MR) is 77.5 cm³/mol. The normalized spacial score (nSPS) is 13.2. The van der Waals surface area contributed by atoms with E-state index in [0.717, 1.165) is 12.5 Å². The lowest BCUT2D eigenvalue weighted by Crippen LogP contribution is -2.28. The second kappa shape index (κ2) is 6.51. The Morgan fingerprint density at radius 1 is 1.45 bits per heavy atom. The zero-order chi connectivity index (χ0) is 15.5. The molecule has 112 valence electrons. The third kappa shape index (κ3) is 3.91. The summed E-state index contributed by atoms with van der Waals surface area (Å²) in [5.41, 5.74) is -0.0431. The summed E-state index contributed by atoms with van der Waals surface area (Å²) >= 11 is 5.74. The number of hydrogen-bond donors (Lipinski definition) is 1. The molecule has 0 saturated carbocycles. The van der Waals surface area contributed by atoms with Crippen LogP contribution in [0.3, 0.4) is 0 Å². The van der Waals surface area contributed by atoms with E-state index in [1.165, 1.54) is 6.07 Å². The minimum atomic E-state index is -3.78. The van der Waals surface area contributed by atoms with Gasteiger partial charge in [-0.25, -0.2) is 13.1 Å². The molecule has 0 radical (unpaired) electrons. The molecule has 0 aliphatic heterocycles. The highest BCUT2D eigenvalue weighted by Gasteiger charge is 2.23. The van der Waals surface area contributed by atoms with Crippen LogP contribution in [0.5, 0.6) is 0 Å². The largest absolute Gasteiger partial charge is 0.289 e. The van der Waals surface area contributed by atoms with E-state index in [0.29, 0.717) is 5.56 Å². The smallest absolute Gasteiger partial charge is 0.258 e. The molecule has 0 saturated heterocycles. The molecule has 0 aliphatic rings. The van der Waals surface area contributed by atoms with Crippen LogP contribution in [-0.4, -0.2) is 19.9 Å². The lowest BCUT2D eigenvalue weighted by atomic mass is 10.1.